The summed E-state index contributed by atoms with van der Waals surface area (Å²) < 4.78 is 0. The number of H-pyrrole nitrogens is 1. The van der Waals surface area contributed by atoms with Crippen molar-refractivity contribution in [1.29, 1.82) is 0 Å². The van der Waals surface area contributed by atoms with Gasteiger partial charge in [0.25, 0.3) is 0 Å². The number of hydrogen-bond acceptors (Lipinski definition) is 5. The zero-order chi connectivity index (χ0) is 21.3. The summed E-state index contributed by atoms with van der Waals surface area (Å²) in [5.74, 6) is 0.858. The number of nitrogens with one attached hydrogen (secondary N) is 2. The second kappa shape index (κ2) is 8.91. The fourth-order valence-corrected chi connectivity index (χ4v) is 4.80. The van der Waals surface area contributed by atoms with Crippen molar-refractivity contribution in [3.8, 4) is 0 Å². The molecule has 8 nitrogen and oxygen atoms in total. The Morgan fingerprint density at radius 3 is 3.03 bits per heavy atom. The second-order valence-electron chi connectivity index (χ2n) is 8.23. The summed E-state index contributed by atoms with van der Waals surface area (Å²) in [5.41, 5.74) is 1.76. The third-order valence-electron chi connectivity index (χ3n) is 6.27. The van der Waals surface area contributed by atoms with E-state index in [1.807, 2.05) is 23.1 Å². The van der Waals surface area contributed by atoms with Crippen molar-refractivity contribution in [1.82, 2.24) is 25.1 Å². The van der Waals surface area contributed by atoms with E-state index in [1.165, 1.54) is 0 Å². The highest BCUT2D eigenvalue weighted by Gasteiger charge is 2.42. The Balaban J connectivity index is 1.28. The first kappa shape index (κ1) is 21.1. The van der Waals surface area contributed by atoms with E-state index in [1.54, 1.807) is 11.9 Å². The summed E-state index contributed by atoms with van der Waals surface area (Å²) in [5, 5.41) is 14.3. The van der Waals surface area contributed by atoms with Gasteiger partial charge in [-0.3, -0.25) is 14.5 Å². The first-order valence-electron chi connectivity index (χ1n) is 10.5. The van der Waals surface area contributed by atoms with Gasteiger partial charge in [-0.25, -0.2) is 4.98 Å². The van der Waals surface area contributed by atoms with Crippen LogP contribution in [0.3, 0.4) is 0 Å². The Bertz CT molecular complexity index is 933. The van der Waals surface area contributed by atoms with Gasteiger partial charge in [0.1, 0.15) is 5.82 Å². The summed E-state index contributed by atoms with van der Waals surface area (Å²) in [6.45, 7) is 1.66. The molecule has 162 valence electrons. The lowest BCUT2D eigenvalue weighted by molar-refractivity contribution is -0.135. The third-order valence-corrected chi connectivity index (χ3v) is 6.51. The Kier molecular flexibility index (Phi) is 6.26. The minimum atomic E-state index is -0.634. The number of aryl methyl sites for hydroxylation is 1. The van der Waals surface area contributed by atoms with Crippen LogP contribution in [0.2, 0.25) is 5.02 Å². The number of imidazole rings is 1. The lowest BCUT2D eigenvalue weighted by Crippen LogP contribution is -2.55. The highest BCUT2D eigenvalue weighted by molar-refractivity contribution is 6.31. The molecule has 3 atom stereocenters. The van der Waals surface area contributed by atoms with E-state index in [-0.39, 0.29) is 23.9 Å². The molecule has 1 aliphatic carbocycles. The molecule has 2 amide bonds. The molecule has 0 spiro atoms. The molecule has 0 radical (unpaired) electrons. The van der Waals surface area contributed by atoms with E-state index in [4.69, 9.17) is 11.6 Å². The van der Waals surface area contributed by atoms with Crippen LogP contribution in [0.25, 0.3) is 11.0 Å². The number of hydrogen-bond donors (Lipinski definition) is 3. The van der Waals surface area contributed by atoms with Crippen molar-refractivity contribution in [3.63, 3.8) is 0 Å². The normalized spacial score (nSPS) is 24.9. The summed E-state index contributed by atoms with van der Waals surface area (Å²) in [6.07, 6.45) is 2.65. The molecule has 1 aromatic carbocycles. The van der Waals surface area contributed by atoms with E-state index < -0.39 is 6.10 Å². The summed E-state index contributed by atoms with van der Waals surface area (Å²) in [4.78, 5) is 35.9. The maximum atomic E-state index is 12.7. The minimum absolute atomic E-state index is 0.00538. The maximum Gasteiger partial charge on any atom is 0.234 e. The van der Waals surface area contributed by atoms with Gasteiger partial charge < -0.3 is 20.3 Å². The number of likely N-dealkylation sites (N-methyl/N-ethyl adjacent to an activating group) is 1. The molecular weight excluding hydrogens is 406 g/mol. The summed E-state index contributed by atoms with van der Waals surface area (Å²) in [6, 6.07) is 5.25. The molecule has 2 heterocycles. The van der Waals surface area contributed by atoms with Gasteiger partial charge in [-0.1, -0.05) is 11.6 Å². The van der Waals surface area contributed by atoms with Crippen molar-refractivity contribution in [3.05, 3.63) is 29.0 Å². The number of benzene rings is 1. The average Bonchev–Trinajstić information content (AvgIpc) is 3.29. The number of carbonyl (C=O) groups excluding carboxylic acids is 2. The van der Waals surface area contributed by atoms with Gasteiger partial charge in [0, 0.05) is 44.0 Å². The maximum absolute atomic E-state index is 12.7. The minimum Gasteiger partial charge on any atom is -0.389 e. The molecule has 3 N–H and O–H groups in total. The van der Waals surface area contributed by atoms with Crippen LogP contribution in [-0.4, -0.2) is 81.6 Å². The Morgan fingerprint density at radius 2 is 2.23 bits per heavy atom. The van der Waals surface area contributed by atoms with Crippen molar-refractivity contribution in [2.24, 2.45) is 0 Å². The lowest BCUT2D eigenvalue weighted by atomic mass is 10.1. The molecule has 4 rings (SSSR count). The van der Waals surface area contributed by atoms with E-state index in [0.717, 1.165) is 36.2 Å². The molecule has 0 bridgehead atoms. The van der Waals surface area contributed by atoms with Crippen LogP contribution >= 0.6 is 11.6 Å². The van der Waals surface area contributed by atoms with Crippen LogP contribution in [0, 0.1) is 0 Å². The largest absolute Gasteiger partial charge is 0.389 e. The summed E-state index contributed by atoms with van der Waals surface area (Å²) >= 11 is 6.01. The average molecular weight is 434 g/mol. The molecule has 1 aromatic heterocycles. The number of aliphatic hydroxyl groups excluding tert-OH is 1. The van der Waals surface area contributed by atoms with Crippen LogP contribution < -0.4 is 5.32 Å². The number of carbonyl (C=O) groups is 2. The van der Waals surface area contributed by atoms with E-state index in [2.05, 4.69) is 15.3 Å². The Labute approximate surface area is 180 Å². The lowest BCUT2D eigenvalue weighted by Gasteiger charge is -2.36. The zero-order valence-electron chi connectivity index (χ0n) is 17.1. The number of halogens is 1. The highest BCUT2D eigenvalue weighted by Crippen LogP contribution is 2.29. The van der Waals surface area contributed by atoms with Crippen LogP contribution in [-0.2, 0) is 16.0 Å². The first-order valence-corrected chi connectivity index (χ1v) is 10.9. The number of amides is 2. The number of piperazine rings is 1. The Morgan fingerprint density at radius 1 is 1.40 bits per heavy atom. The number of rotatable bonds is 6. The number of nitrogens with zero attached hydrogens (tertiary/aromatic N) is 3. The van der Waals surface area contributed by atoms with Gasteiger partial charge in [-0.15, -0.1) is 0 Å². The van der Waals surface area contributed by atoms with Crippen molar-refractivity contribution >= 4 is 34.4 Å². The molecule has 30 heavy (non-hydrogen) atoms. The predicted octanol–water partition coefficient (Wildman–Crippen LogP) is 1.32. The van der Waals surface area contributed by atoms with Crippen LogP contribution in [0.15, 0.2) is 18.2 Å². The highest BCUT2D eigenvalue weighted by atomic mass is 35.5. The smallest absolute Gasteiger partial charge is 0.234 e. The van der Waals surface area contributed by atoms with Crippen LogP contribution in [0.4, 0.5) is 0 Å². The molecule has 2 aromatic rings. The SMILES string of the molecule is CN(C(=O)CCCc1nc2ccc(Cl)cc2[nH]1)[C@@H]1CC[C@@H](N2CCNC(=O)C2)[C@@H]1O. The number of aromatic nitrogens is 2. The molecule has 2 fully saturated rings. The topological polar surface area (TPSA) is 102 Å². The molecular formula is C21H28ClN5O3. The molecule has 9 heteroatoms. The van der Waals surface area contributed by atoms with Gasteiger partial charge in [0.15, 0.2) is 0 Å². The van der Waals surface area contributed by atoms with Gasteiger partial charge in [-0.2, -0.15) is 0 Å². The van der Waals surface area contributed by atoms with Gasteiger partial charge in [0.05, 0.1) is 29.7 Å². The van der Waals surface area contributed by atoms with Crippen molar-refractivity contribution in [2.75, 3.05) is 26.7 Å². The number of fused-ring (bicyclic) bond motifs is 1. The van der Waals surface area contributed by atoms with Gasteiger partial charge in [-0.05, 0) is 37.5 Å². The molecule has 1 saturated carbocycles. The molecule has 2 aliphatic rings. The molecule has 1 saturated heterocycles. The second-order valence-corrected chi connectivity index (χ2v) is 8.66. The van der Waals surface area contributed by atoms with E-state index in [0.29, 0.717) is 37.4 Å². The standard InChI is InChI=1S/C21H28ClN5O3/c1-26(16-7-8-17(21(16)30)27-10-9-23-19(28)12-27)20(29)4-2-3-18-24-14-6-5-13(22)11-15(14)25-18/h5-6,11,16-17,21,30H,2-4,7-10,12H2,1H3,(H,23,28)(H,24,25)/t16-,17-,21-/m1/s1. The molecule has 1 aliphatic heterocycles. The fourth-order valence-electron chi connectivity index (χ4n) is 4.62. The van der Waals surface area contributed by atoms with Crippen LogP contribution in [0.1, 0.15) is 31.5 Å². The van der Waals surface area contributed by atoms with Gasteiger partial charge in [0.2, 0.25) is 11.8 Å². The predicted molar refractivity (Wildman–Crippen MR) is 114 cm³/mol. The molecule has 0 unspecified atom stereocenters. The number of aromatic amines is 1. The summed E-state index contributed by atoms with van der Waals surface area (Å²) in [7, 11) is 1.77. The Hall–Kier alpha value is -2.16. The van der Waals surface area contributed by atoms with E-state index >= 15 is 0 Å². The fraction of sp³-hybridized carbons (Fsp3) is 0.571. The van der Waals surface area contributed by atoms with Crippen LogP contribution in [0.5, 0.6) is 0 Å². The van der Waals surface area contributed by atoms with Crippen molar-refractivity contribution in [2.45, 2.75) is 50.3 Å². The first-order chi connectivity index (χ1) is 14.4. The quantitative estimate of drug-likeness (QED) is 0.637. The van der Waals surface area contributed by atoms with E-state index in [9.17, 15) is 14.7 Å². The third kappa shape index (κ3) is 4.45. The number of aliphatic hydroxyl groups is 1. The van der Waals surface area contributed by atoms with Gasteiger partial charge >= 0.3 is 0 Å². The monoisotopic (exact) mass is 433 g/mol. The zero-order valence-corrected chi connectivity index (χ0v) is 17.9. The van der Waals surface area contributed by atoms with Crippen molar-refractivity contribution < 1.29 is 14.7 Å².